The highest BCUT2D eigenvalue weighted by molar-refractivity contribution is 6.31. The summed E-state index contributed by atoms with van der Waals surface area (Å²) >= 11 is 6.06. The molecule has 0 radical (unpaired) electrons. The summed E-state index contributed by atoms with van der Waals surface area (Å²) < 4.78 is 5.70. The predicted octanol–water partition coefficient (Wildman–Crippen LogP) is 3.84. The number of aryl methyl sites for hydroxylation is 1. The maximum absolute atomic E-state index is 6.06. The van der Waals surface area contributed by atoms with Crippen LogP contribution >= 0.6 is 11.6 Å². The van der Waals surface area contributed by atoms with E-state index in [1.165, 1.54) is 0 Å². The zero-order chi connectivity index (χ0) is 13.4. The van der Waals surface area contributed by atoms with E-state index in [2.05, 4.69) is 25.7 Å². The molecule has 18 heavy (non-hydrogen) atoms. The van der Waals surface area contributed by atoms with Gasteiger partial charge in [0.1, 0.15) is 12.4 Å². The molecule has 0 atom stereocenters. The van der Waals surface area contributed by atoms with Crippen molar-refractivity contribution in [2.45, 2.75) is 26.7 Å². The van der Waals surface area contributed by atoms with Crippen molar-refractivity contribution in [3.05, 3.63) is 40.9 Å². The van der Waals surface area contributed by atoms with Crippen LogP contribution in [0.4, 0.5) is 0 Å². The molecule has 1 N–H and O–H groups in total. The first kappa shape index (κ1) is 15.1. The molecule has 0 fully saturated rings. The van der Waals surface area contributed by atoms with Gasteiger partial charge in [-0.1, -0.05) is 32.0 Å². The highest BCUT2D eigenvalue weighted by Gasteiger charge is 2.02. The predicted molar refractivity (Wildman–Crippen MR) is 78.6 cm³/mol. The summed E-state index contributed by atoms with van der Waals surface area (Å²) in [5.74, 6) is 0.855. The first-order valence-electron chi connectivity index (χ1n) is 6.46. The van der Waals surface area contributed by atoms with Crippen LogP contribution in [-0.2, 0) is 6.42 Å². The number of ether oxygens (including phenoxy) is 1. The molecule has 0 spiro atoms. The number of benzene rings is 1. The Morgan fingerprint density at radius 2 is 2.17 bits per heavy atom. The van der Waals surface area contributed by atoms with E-state index < -0.39 is 0 Å². The summed E-state index contributed by atoms with van der Waals surface area (Å²) in [6, 6.07) is 5.77. The molecular formula is C15H22ClNO. The molecule has 0 aliphatic heterocycles. The van der Waals surface area contributed by atoms with Gasteiger partial charge in [0.2, 0.25) is 0 Å². The van der Waals surface area contributed by atoms with E-state index in [9.17, 15) is 0 Å². The van der Waals surface area contributed by atoms with Gasteiger partial charge < -0.3 is 10.1 Å². The molecule has 1 aromatic carbocycles. The lowest BCUT2D eigenvalue weighted by Gasteiger charge is -2.11. The van der Waals surface area contributed by atoms with Crippen LogP contribution in [0.25, 0.3) is 0 Å². The van der Waals surface area contributed by atoms with Crippen molar-refractivity contribution < 1.29 is 4.74 Å². The molecule has 0 amide bonds. The molecule has 0 aromatic heterocycles. The Hall–Kier alpha value is -0.990. The minimum Gasteiger partial charge on any atom is -0.489 e. The first-order chi connectivity index (χ1) is 8.67. The van der Waals surface area contributed by atoms with Gasteiger partial charge in [-0.25, -0.2) is 0 Å². The van der Waals surface area contributed by atoms with Crippen LogP contribution in [0.5, 0.6) is 5.75 Å². The zero-order valence-electron chi connectivity index (χ0n) is 11.3. The maximum atomic E-state index is 6.06. The number of nitrogens with one attached hydrogen (secondary N) is 1. The van der Waals surface area contributed by atoms with E-state index in [0.29, 0.717) is 6.61 Å². The van der Waals surface area contributed by atoms with Gasteiger partial charge in [0, 0.05) is 11.6 Å². The summed E-state index contributed by atoms with van der Waals surface area (Å²) in [7, 11) is 0. The van der Waals surface area contributed by atoms with Crippen LogP contribution in [0.15, 0.2) is 30.4 Å². The van der Waals surface area contributed by atoms with Gasteiger partial charge in [0.05, 0.1) is 0 Å². The number of halogens is 1. The Kier molecular flexibility index (Phi) is 6.84. The molecule has 3 heteroatoms. The maximum Gasteiger partial charge on any atom is 0.120 e. The van der Waals surface area contributed by atoms with Crippen LogP contribution in [0.1, 0.15) is 25.8 Å². The summed E-state index contributed by atoms with van der Waals surface area (Å²) in [5.41, 5.74) is 2.17. The summed E-state index contributed by atoms with van der Waals surface area (Å²) in [6.07, 6.45) is 2.04. The first-order valence-corrected chi connectivity index (χ1v) is 6.83. The van der Waals surface area contributed by atoms with E-state index in [1.807, 2.05) is 18.2 Å². The smallest absolute Gasteiger partial charge is 0.120 e. The lowest BCUT2D eigenvalue weighted by Crippen LogP contribution is -2.20. The Bertz CT molecular complexity index is 390. The third-order valence-corrected chi connectivity index (χ3v) is 3.01. The van der Waals surface area contributed by atoms with E-state index in [-0.39, 0.29) is 0 Å². The van der Waals surface area contributed by atoms with Crippen molar-refractivity contribution in [1.82, 2.24) is 5.32 Å². The molecule has 100 valence electrons. The molecule has 0 aliphatic rings. The highest BCUT2D eigenvalue weighted by atomic mass is 35.5. The van der Waals surface area contributed by atoms with Crippen LogP contribution < -0.4 is 10.1 Å². The molecule has 1 rings (SSSR count). The van der Waals surface area contributed by atoms with Crippen molar-refractivity contribution in [1.29, 1.82) is 0 Å². The van der Waals surface area contributed by atoms with Crippen molar-refractivity contribution in [2.24, 2.45) is 0 Å². The normalized spacial score (nSPS) is 10.4. The van der Waals surface area contributed by atoms with Gasteiger partial charge in [-0.15, -0.1) is 0 Å². The second-order valence-electron chi connectivity index (χ2n) is 4.32. The average molecular weight is 268 g/mol. The Morgan fingerprint density at radius 3 is 2.83 bits per heavy atom. The van der Waals surface area contributed by atoms with Crippen LogP contribution in [0.3, 0.4) is 0 Å². The minimum absolute atomic E-state index is 0.543. The van der Waals surface area contributed by atoms with Crippen LogP contribution in [-0.4, -0.2) is 19.7 Å². The second-order valence-corrected chi connectivity index (χ2v) is 4.73. The molecule has 1 aromatic rings. The molecule has 0 unspecified atom stereocenters. The summed E-state index contributed by atoms with van der Waals surface area (Å²) in [5, 5.41) is 4.10. The third kappa shape index (κ3) is 5.11. The number of hydrogen-bond acceptors (Lipinski definition) is 2. The van der Waals surface area contributed by atoms with Gasteiger partial charge >= 0.3 is 0 Å². The van der Waals surface area contributed by atoms with E-state index in [1.54, 1.807) is 0 Å². The third-order valence-electron chi connectivity index (χ3n) is 2.64. The molecule has 0 heterocycles. The van der Waals surface area contributed by atoms with Gasteiger partial charge in [-0.05, 0) is 48.7 Å². The van der Waals surface area contributed by atoms with Gasteiger partial charge in [0.25, 0.3) is 0 Å². The molecular weight excluding hydrogens is 246 g/mol. The molecule has 0 saturated heterocycles. The van der Waals surface area contributed by atoms with Crippen molar-refractivity contribution in [3.8, 4) is 5.75 Å². The van der Waals surface area contributed by atoms with Gasteiger partial charge in [-0.3, -0.25) is 0 Å². The molecule has 0 aliphatic carbocycles. The second kappa shape index (κ2) is 8.17. The molecule has 0 bridgehead atoms. The Morgan fingerprint density at radius 1 is 1.39 bits per heavy atom. The summed E-state index contributed by atoms with van der Waals surface area (Å²) in [4.78, 5) is 0. The highest BCUT2D eigenvalue weighted by Crippen LogP contribution is 2.22. The van der Waals surface area contributed by atoms with Crippen molar-refractivity contribution in [3.63, 3.8) is 0 Å². The van der Waals surface area contributed by atoms with E-state index in [0.717, 1.165) is 47.8 Å². The van der Waals surface area contributed by atoms with Gasteiger partial charge in [-0.2, -0.15) is 0 Å². The quantitative estimate of drug-likeness (QED) is 0.571. The molecule has 2 nitrogen and oxygen atoms in total. The number of hydrogen-bond donors (Lipinski definition) is 1. The Labute approximate surface area is 115 Å². The van der Waals surface area contributed by atoms with Gasteiger partial charge in [0.15, 0.2) is 0 Å². The minimum atomic E-state index is 0.543. The van der Waals surface area contributed by atoms with Crippen LogP contribution in [0.2, 0.25) is 5.02 Å². The SMILES string of the molecule is C=C(CNCCC)COc1ccc(Cl)c(CC)c1. The summed E-state index contributed by atoms with van der Waals surface area (Å²) in [6.45, 7) is 10.6. The fraction of sp³-hybridized carbons (Fsp3) is 0.467. The fourth-order valence-electron chi connectivity index (χ4n) is 1.59. The van der Waals surface area contributed by atoms with E-state index in [4.69, 9.17) is 16.3 Å². The fourth-order valence-corrected chi connectivity index (χ4v) is 1.84. The molecule has 0 saturated carbocycles. The van der Waals surface area contributed by atoms with Crippen LogP contribution in [0, 0.1) is 0 Å². The zero-order valence-corrected chi connectivity index (χ0v) is 12.0. The topological polar surface area (TPSA) is 21.3 Å². The lowest BCUT2D eigenvalue weighted by molar-refractivity contribution is 0.348. The largest absolute Gasteiger partial charge is 0.489 e. The lowest BCUT2D eigenvalue weighted by atomic mass is 10.1. The standard InChI is InChI=1S/C15H22ClNO/c1-4-8-17-10-12(3)11-18-14-6-7-15(16)13(5-2)9-14/h6-7,9,17H,3-5,8,10-11H2,1-2H3. The van der Waals surface area contributed by atoms with Crippen molar-refractivity contribution >= 4 is 11.6 Å². The number of rotatable bonds is 8. The average Bonchev–Trinajstić information content (AvgIpc) is 2.38. The monoisotopic (exact) mass is 267 g/mol. The van der Waals surface area contributed by atoms with Crippen molar-refractivity contribution in [2.75, 3.05) is 19.7 Å². The van der Waals surface area contributed by atoms with E-state index >= 15 is 0 Å². The Balaban J connectivity index is 2.41.